The SMILES string of the molecule is CC1Cc2ccc([N+](=O)[O-])cc2N1C. The van der Waals surface area contributed by atoms with Gasteiger partial charge >= 0.3 is 0 Å². The van der Waals surface area contributed by atoms with Crippen molar-refractivity contribution in [1.29, 1.82) is 0 Å². The summed E-state index contributed by atoms with van der Waals surface area (Å²) < 4.78 is 0. The molecule has 0 N–H and O–H groups in total. The Bertz CT molecular complexity index is 390. The molecule has 4 heteroatoms. The van der Waals surface area contributed by atoms with Crippen LogP contribution in [0.4, 0.5) is 11.4 Å². The van der Waals surface area contributed by atoms with Gasteiger partial charge in [-0.25, -0.2) is 0 Å². The Morgan fingerprint density at radius 1 is 1.57 bits per heavy atom. The lowest BCUT2D eigenvalue weighted by molar-refractivity contribution is -0.384. The molecule has 4 nitrogen and oxygen atoms in total. The number of hydrogen-bond donors (Lipinski definition) is 0. The van der Waals surface area contributed by atoms with Gasteiger partial charge in [0.05, 0.1) is 4.92 Å². The third-order valence-corrected chi connectivity index (χ3v) is 2.84. The van der Waals surface area contributed by atoms with Crippen molar-refractivity contribution in [2.45, 2.75) is 19.4 Å². The topological polar surface area (TPSA) is 46.4 Å². The van der Waals surface area contributed by atoms with Crippen molar-refractivity contribution in [3.8, 4) is 0 Å². The first-order chi connectivity index (χ1) is 6.59. The van der Waals surface area contributed by atoms with E-state index in [0.717, 1.165) is 12.1 Å². The van der Waals surface area contributed by atoms with Crippen LogP contribution in [0.5, 0.6) is 0 Å². The summed E-state index contributed by atoms with van der Waals surface area (Å²) in [6.45, 7) is 2.12. The molecule has 0 aliphatic carbocycles. The standard InChI is InChI=1S/C10H12N2O2/c1-7-5-8-3-4-9(12(13)14)6-10(8)11(7)2/h3-4,6-7H,5H2,1-2H3. The van der Waals surface area contributed by atoms with Crippen LogP contribution >= 0.6 is 0 Å². The van der Waals surface area contributed by atoms with Gasteiger partial charge in [-0.2, -0.15) is 0 Å². The fraction of sp³-hybridized carbons (Fsp3) is 0.400. The predicted octanol–water partition coefficient (Wildman–Crippen LogP) is 1.98. The summed E-state index contributed by atoms with van der Waals surface area (Å²) in [5.74, 6) is 0. The first-order valence-corrected chi connectivity index (χ1v) is 4.59. The van der Waals surface area contributed by atoms with Crippen LogP contribution in [0, 0.1) is 10.1 Å². The smallest absolute Gasteiger partial charge is 0.271 e. The van der Waals surface area contributed by atoms with Gasteiger partial charge in [-0.3, -0.25) is 10.1 Å². The van der Waals surface area contributed by atoms with E-state index >= 15 is 0 Å². The molecule has 1 aliphatic heterocycles. The molecule has 14 heavy (non-hydrogen) atoms. The molecular formula is C10H12N2O2. The van der Waals surface area contributed by atoms with E-state index < -0.39 is 0 Å². The highest BCUT2D eigenvalue weighted by atomic mass is 16.6. The molecule has 0 amide bonds. The maximum absolute atomic E-state index is 10.6. The Hall–Kier alpha value is -1.58. The number of benzene rings is 1. The van der Waals surface area contributed by atoms with E-state index in [1.165, 1.54) is 5.56 Å². The number of nitro benzene ring substituents is 1. The number of hydrogen-bond acceptors (Lipinski definition) is 3. The van der Waals surface area contributed by atoms with Crippen LogP contribution in [0.25, 0.3) is 0 Å². The zero-order valence-electron chi connectivity index (χ0n) is 8.23. The van der Waals surface area contributed by atoms with E-state index in [1.807, 2.05) is 13.1 Å². The van der Waals surface area contributed by atoms with Crippen molar-refractivity contribution < 1.29 is 4.92 Å². The molecule has 0 saturated carbocycles. The maximum Gasteiger partial charge on any atom is 0.271 e. The molecule has 1 heterocycles. The molecule has 0 spiro atoms. The minimum absolute atomic E-state index is 0.171. The fourth-order valence-corrected chi connectivity index (χ4v) is 1.86. The Labute approximate surface area is 82.3 Å². The van der Waals surface area contributed by atoms with Crippen molar-refractivity contribution in [3.63, 3.8) is 0 Å². The molecule has 0 saturated heterocycles. The van der Waals surface area contributed by atoms with Gasteiger partial charge in [0.1, 0.15) is 0 Å². The highest BCUT2D eigenvalue weighted by molar-refractivity contribution is 5.63. The van der Waals surface area contributed by atoms with E-state index in [-0.39, 0.29) is 10.6 Å². The Kier molecular flexibility index (Phi) is 1.91. The number of non-ortho nitro benzene ring substituents is 1. The molecule has 1 unspecified atom stereocenters. The van der Waals surface area contributed by atoms with Gasteiger partial charge < -0.3 is 4.90 Å². The van der Waals surface area contributed by atoms with E-state index in [2.05, 4.69) is 11.8 Å². The lowest BCUT2D eigenvalue weighted by Gasteiger charge is -2.17. The van der Waals surface area contributed by atoms with Gasteiger partial charge in [0.25, 0.3) is 5.69 Å². The summed E-state index contributed by atoms with van der Waals surface area (Å²) in [5, 5.41) is 10.6. The van der Waals surface area contributed by atoms with Gasteiger partial charge in [0, 0.05) is 30.9 Å². The van der Waals surface area contributed by atoms with Crippen molar-refractivity contribution in [3.05, 3.63) is 33.9 Å². The summed E-state index contributed by atoms with van der Waals surface area (Å²) in [6, 6.07) is 5.52. The minimum Gasteiger partial charge on any atom is -0.371 e. The number of anilines is 1. The molecular weight excluding hydrogens is 180 g/mol. The van der Waals surface area contributed by atoms with Crippen LogP contribution in [-0.2, 0) is 6.42 Å². The number of rotatable bonds is 1. The first-order valence-electron chi connectivity index (χ1n) is 4.59. The molecule has 74 valence electrons. The van der Waals surface area contributed by atoms with Crippen LogP contribution < -0.4 is 4.90 Å². The summed E-state index contributed by atoms with van der Waals surface area (Å²) in [5.41, 5.74) is 2.36. The second kappa shape index (κ2) is 2.97. The zero-order chi connectivity index (χ0) is 10.3. The number of nitro groups is 1. The van der Waals surface area contributed by atoms with Crippen LogP contribution in [-0.4, -0.2) is 18.0 Å². The quantitative estimate of drug-likeness (QED) is 0.505. The zero-order valence-corrected chi connectivity index (χ0v) is 8.23. The Morgan fingerprint density at radius 3 is 2.93 bits per heavy atom. The van der Waals surface area contributed by atoms with Crippen molar-refractivity contribution in [2.75, 3.05) is 11.9 Å². The van der Waals surface area contributed by atoms with Gasteiger partial charge in [0.15, 0.2) is 0 Å². The summed E-state index contributed by atoms with van der Waals surface area (Å²) >= 11 is 0. The molecule has 1 aromatic rings. The molecule has 1 aliphatic rings. The average Bonchev–Trinajstić information content (AvgIpc) is 2.43. The number of nitrogens with zero attached hydrogens (tertiary/aromatic N) is 2. The molecule has 0 fully saturated rings. The van der Waals surface area contributed by atoms with E-state index in [0.29, 0.717) is 6.04 Å². The van der Waals surface area contributed by atoms with Gasteiger partial charge in [-0.15, -0.1) is 0 Å². The average molecular weight is 192 g/mol. The normalized spacial score (nSPS) is 19.6. The van der Waals surface area contributed by atoms with E-state index in [1.54, 1.807) is 12.1 Å². The Balaban J connectivity index is 2.46. The molecule has 0 radical (unpaired) electrons. The molecule has 1 atom stereocenters. The number of likely N-dealkylation sites (N-methyl/N-ethyl adjacent to an activating group) is 1. The largest absolute Gasteiger partial charge is 0.371 e. The third-order valence-electron chi connectivity index (χ3n) is 2.84. The highest BCUT2D eigenvalue weighted by Gasteiger charge is 2.24. The predicted molar refractivity (Wildman–Crippen MR) is 54.7 cm³/mol. The first kappa shape index (κ1) is 8.99. The second-order valence-corrected chi connectivity index (χ2v) is 3.73. The summed E-state index contributed by atoms with van der Waals surface area (Å²) in [7, 11) is 1.97. The van der Waals surface area contributed by atoms with E-state index in [4.69, 9.17) is 0 Å². The molecule has 0 aromatic heterocycles. The molecule has 0 bridgehead atoms. The van der Waals surface area contributed by atoms with Gasteiger partial charge in [-0.05, 0) is 18.9 Å². The van der Waals surface area contributed by atoms with Gasteiger partial charge in [0.2, 0.25) is 0 Å². The highest BCUT2D eigenvalue weighted by Crippen LogP contribution is 2.33. The maximum atomic E-state index is 10.6. The fourth-order valence-electron chi connectivity index (χ4n) is 1.86. The van der Waals surface area contributed by atoms with Gasteiger partial charge in [-0.1, -0.05) is 6.07 Å². The van der Waals surface area contributed by atoms with Crippen LogP contribution in [0.1, 0.15) is 12.5 Å². The summed E-state index contributed by atoms with van der Waals surface area (Å²) in [6.07, 6.45) is 0.976. The van der Waals surface area contributed by atoms with Crippen molar-refractivity contribution >= 4 is 11.4 Å². The minimum atomic E-state index is -0.350. The molecule has 2 rings (SSSR count). The van der Waals surface area contributed by atoms with Crippen molar-refractivity contribution in [1.82, 2.24) is 0 Å². The van der Waals surface area contributed by atoms with Crippen LogP contribution in [0.2, 0.25) is 0 Å². The van der Waals surface area contributed by atoms with Crippen molar-refractivity contribution in [2.24, 2.45) is 0 Å². The third kappa shape index (κ3) is 1.23. The lowest BCUT2D eigenvalue weighted by atomic mass is 10.1. The second-order valence-electron chi connectivity index (χ2n) is 3.73. The monoisotopic (exact) mass is 192 g/mol. The Morgan fingerprint density at radius 2 is 2.29 bits per heavy atom. The van der Waals surface area contributed by atoms with Crippen LogP contribution in [0.3, 0.4) is 0 Å². The summed E-state index contributed by atoms with van der Waals surface area (Å²) in [4.78, 5) is 12.3. The van der Waals surface area contributed by atoms with E-state index in [9.17, 15) is 10.1 Å². The lowest BCUT2D eigenvalue weighted by Crippen LogP contribution is -2.23. The number of fused-ring (bicyclic) bond motifs is 1. The van der Waals surface area contributed by atoms with Crippen LogP contribution in [0.15, 0.2) is 18.2 Å². The molecule has 1 aromatic carbocycles.